The van der Waals surface area contributed by atoms with E-state index in [-0.39, 0.29) is 18.8 Å². The van der Waals surface area contributed by atoms with Crippen LogP contribution in [0.15, 0.2) is 18.2 Å². The van der Waals surface area contributed by atoms with Crippen molar-refractivity contribution in [1.82, 2.24) is 0 Å². The third-order valence-corrected chi connectivity index (χ3v) is 3.37. The van der Waals surface area contributed by atoms with Crippen LogP contribution < -0.4 is 4.74 Å². The monoisotopic (exact) mass is 272 g/mol. The van der Waals surface area contributed by atoms with Gasteiger partial charge >= 0.3 is 6.18 Å². The van der Waals surface area contributed by atoms with Gasteiger partial charge in [0, 0.05) is 5.56 Å². The molecule has 1 aliphatic rings. The quantitative estimate of drug-likeness (QED) is 0.891. The van der Waals surface area contributed by atoms with Crippen molar-refractivity contribution in [3.05, 3.63) is 34.9 Å². The number of aliphatic hydroxyl groups is 1. The maximum absolute atomic E-state index is 13.2. The molecule has 19 heavy (non-hydrogen) atoms. The molecule has 0 aromatic heterocycles. The number of halogens is 3. The van der Waals surface area contributed by atoms with E-state index in [0.29, 0.717) is 16.7 Å². The van der Waals surface area contributed by atoms with Crippen molar-refractivity contribution in [2.45, 2.75) is 38.7 Å². The molecular formula is C14H15F3O2. The van der Waals surface area contributed by atoms with Crippen LogP contribution in [0.5, 0.6) is 5.75 Å². The predicted molar refractivity (Wildman–Crippen MR) is 65.8 cm³/mol. The fourth-order valence-electron chi connectivity index (χ4n) is 2.22. The minimum atomic E-state index is -4.46. The molecule has 0 saturated carbocycles. The van der Waals surface area contributed by atoms with Gasteiger partial charge in [-0.25, -0.2) is 0 Å². The Kier molecular flexibility index (Phi) is 3.34. The van der Waals surface area contributed by atoms with Crippen LogP contribution in [-0.4, -0.2) is 16.9 Å². The highest BCUT2D eigenvalue weighted by atomic mass is 19.4. The summed E-state index contributed by atoms with van der Waals surface area (Å²) >= 11 is 0. The van der Waals surface area contributed by atoms with Crippen LogP contribution >= 0.6 is 0 Å². The Labute approximate surface area is 109 Å². The number of aryl methyl sites for hydroxylation is 1. The summed E-state index contributed by atoms with van der Waals surface area (Å²) in [6, 6.07) is 3.27. The van der Waals surface area contributed by atoms with Gasteiger partial charge in [-0.1, -0.05) is 19.1 Å². The average Bonchev–Trinajstić information content (AvgIpc) is 2.36. The number of aliphatic hydroxyl groups excluding tert-OH is 1. The number of alkyl halides is 3. The molecule has 1 N–H and O–H groups in total. The molecule has 1 aromatic carbocycles. The standard InChI is InChI=1S/C14H15F3O2/c1-3-13(14(15,16)17)5-4-11-7-10(8-18)6-9(2)12(11)19-13/h4-7,18H,3,8H2,1-2H3. The number of fused-ring (bicyclic) bond motifs is 1. The average molecular weight is 272 g/mol. The van der Waals surface area contributed by atoms with Gasteiger partial charge in [-0.2, -0.15) is 13.2 Å². The smallest absolute Gasteiger partial charge is 0.432 e. The van der Waals surface area contributed by atoms with Gasteiger partial charge < -0.3 is 9.84 Å². The van der Waals surface area contributed by atoms with E-state index in [1.165, 1.54) is 13.0 Å². The Morgan fingerprint density at radius 3 is 2.53 bits per heavy atom. The first-order valence-electron chi connectivity index (χ1n) is 6.02. The Morgan fingerprint density at radius 2 is 2.00 bits per heavy atom. The molecule has 0 radical (unpaired) electrons. The zero-order chi connectivity index (χ0) is 14.3. The predicted octanol–water partition coefficient (Wildman–Crippen LogP) is 3.60. The third kappa shape index (κ3) is 2.23. The molecule has 1 aromatic rings. The van der Waals surface area contributed by atoms with E-state index in [1.54, 1.807) is 19.1 Å². The summed E-state index contributed by atoms with van der Waals surface area (Å²) in [6.07, 6.45) is -2.18. The Morgan fingerprint density at radius 1 is 1.32 bits per heavy atom. The van der Waals surface area contributed by atoms with E-state index in [0.717, 1.165) is 6.08 Å². The second-order valence-electron chi connectivity index (χ2n) is 4.67. The Balaban J connectivity index is 2.51. The highest BCUT2D eigenvalue weighted by molar-refractivity contribution is 5.64. The maximum Gasteiger partial charge on any atom is 0.432 e. The minimum absolute atomic E-state index is 0.153. The molecule has 1 aliphatic heterocycles. The van der Waals surface area contributed by atoms with Gasteiger partial charge in [-0.3, -0.25) is 0 Å². The van der Waals surface area contributed by atoms with Gasteiger partial charge in [0.2, 0.25) is 5.60 Å². The number of rotatable bonds is 2. The van der Waals surface area contributed by atoms with Crippen molar-refractivity contribution in [2.75, 3.05) is 0 Å². The highest BCUT2D eigenvalue weighted by Gasteiger charge is 2.55. The number of hydrogen-bond donors (Lipinski definition) is 1. The molecule has 0 bridgehead atoms. The van der Waals surface area contributed by atoms with E-state index in [4.69, 9.17) is 9.84 Å². The van der Waals surface area contributed by atoms with Crippen molar-refractivity contribution in [1.29, 1.82) is 0 Å². The lowest BCUT2D eigenvalue weighted by Crippen LogP contribution is -2.49. The normalized spacial score (nSPS) is 22.0. The molecule has 104 valence electrons. The topological polar surface area (TPSA) is 29.5 Å². The zero-order valence-electron chi connectivity index (χ0n) is 10.7. The molecule has 1 atom stereocenters. The van der Waals surface area contributed by atoms with Gasteiger partial charge in [-0.05, 0) is 36.6 Å². The first-order valence-corrected chi connectivity index (χ1v) is 6.02. The van der Waals surface area contributed by atoms with Gasteiger partial charge in [0.25, 0.3) is 0 Å². The maximum atomic E-state index is 13.2. The van der Waals surface area contributed by atoms with Crippen molar-refractivity contribution < 1.29 is 23.0 Å². The van der Waals surface area contributed by atoms with E-state index in [2.05, 4.69) is 0 Å². The molecule has 0 amide bonds. The fraction of sp³-hybridized carbons (Fsp3) is 0.429. The summed E-state index contributed by atoms with van der Waals surface area (Å²) in [5, 5.41) is 9.10. The lowest BCUT2D eigenvalue weighted by Gasteiger charge is -2.36. The van der Waals surface area contributed by atoms with Crippen LogP contribution in [0.4, 0.5) is 13.2 Å². The molecule has 0 saturated heterocycles. The molecule has 0 aliphatic carbocycles. The van der Waals surface area contributed by atoms with Crippen molar-refractivity contribution in [3.63, 3.8) is 0 Å². The van der Waals surface area contributed by atoms with Crippen LogP contribution in [0.3, 0.4) is 0 Å². The first-order chi connectivity index (χ1) is 8.83. The van der Waals surface area contributed by atoms with E-state index in [9.17, 15) is 13.2 Å². The van der Waals surface area contributed by atoms with Crippen LogP contribution in [0.25, 0.3) is 6.08 Å². The van der Waals surface area contributed by atoms with Crippen LogP contribution in [0, 0.1) is 6.92 Å². The van der Waals surface area contributed by atoms with Crippen molar-refractivity contribution in [2.24, 2.45) is 0 Å². The second kappa shape index (κ2) is 4.56. The first kappa shape index (κ1) is 13.9. The van der Waals surface area contributed by atoms with Gasteiger partial charge in [0.15, 0.2) is 0 Å². The zero-order valence-corrected chi connectivity index (χ0v) is 10.7. The molecule has 1 unspecified atom stereocenters. The Hall–Kier alpha value is -1.49. The Bertz CT molecular complexity index is 520. The van der Waals surface area contributed by atoms with E-state index in [1.807, 2.05) is 0 Å². The van der Waals surface area contributed by atoms with Gasteiger partial charge in [0.05, 0.1) is 6.61 Å². The molecule has 2 rings (SSSR count). The number of ether oxygens (including phenoxy) is 1. The van der Waals surface area contributed by atoms with Gasteiger partial charge in [-0.15, -0.1) is 0 Å². The summed E-state index contributed by atoms with van der Waals surface area (Å²) in [5.41, 5.74) is -0.447. The molecule has 1 heterocycles. The molecule has 0 spiro atoms. The summed E-state index contributed by atoms with van der Waals surface area (Å²) in [6.45, 7) is 2.97. The lowest BCUT2D eigenvalue weighted by atomic mass is 9.93. The fourth-order valence-corrected chi connectivity index (χ4v) is 2.22. The summed E-state index contributed by atoms with van der Waals surface area (Å²) in [5.74, 6) is 0.235. The summed E-state index contributed by atoms with van der Waals surface area (Å²) in [4.78, 5) is 0. The SMILES string of the molecule is CCC1(C(F)(F)F)C=Cc2cc(CO)cc(C)c2O1. The van der Waals surface area contributed by atoms with Gasteiger partial charge in [0.1, 0.15) is 5.75 Å². The molecule has 2 nitrogen and oxygen atoms in total. The highest BCUT2D eigenvalue weighted by Crippen LogP contribution is 2.44. The molecular weight excluding hydrogens is 257 g/mol. The molecule has 0 fully saturated rings. The van der Waals surface area contributed by atoms with Crippen molar-refractivity contribution >= 4 is 6.08 Å². The lowest BCUT2D eigenvalue weighted by molar-refractivity contribution is -0.230. The van der Waals surface area contributed by atoms with Crippen molar-refractivity contribution in [3.8, 4) is 5.75 Å². The van der Waals surface area contributed by atoms with E-state index < -0.39 is 11.8 Å². The summed E-state index contributed by atoms with van der Waals surface area (Å²) in [7, 11) is 0. The number of hydrogen-bond acceptors (Lipinski definition) is 2. The summed E-state index contributed by atoms with van der Waals surface area (Å²) < 4.78 is 44.7. The largest absolute Gasteiger partial charge is 0.473 e. The van der Waals surface area contributed by atoms with Crippen LogP contribution in [0.2, 0.25) is 0 Å². The third-order valence-electron chi connectivity index (χ3n) is 3.37. The molecule has 5 heteroatoms. The second-order valence-corrected chi connectivity index (χ2v) is 4.67. The minimum Gasteiger partial charge on any atom is -0.473 e. The number of benzene rings is 1. The van der Waals surface area contributed by atoms with Crippen LogP contribution in [-0.2, 0) is 6.61 Å². The van der Waals surface area contributed by atoms with E-state index >= 15 is 0 Å². The van der Waals surface area contributed by atoms with Crippen LogP contribution in [0.1, 0.15) is 30.0 Å².